The fraction of sp³-hybridized carbons (Fsp3) is 1.00. The first-order valence-electron chi connectivity index (χ1n) is 6.16. The molecule has 0 aromatic carbocycles. The number of nitrogens with one attached hydrogen (secondary N) is 1. The van der Waals surface area contributed by atoms with Crippen molar-refractivity contribution in [2.75, 3.05) is 13.1 Å². The summed E-state index contributed by atoms with van der Waals surface area (Å²) in [6.07, 6.45) is 9.72. The van der Waals surface area contributed by atoms with E-state index in [9.17, 15) is 4.39 Å². The summed E-state index contributed by atoms with van der Waals surface area (Å²) in [5.41, 5.74) is -0.844. The van der Waals surface area contributed by atoms with Crippen LogP contribution >= 0.6 is 0 Å². The highest BCUT2D eigenvalue weighted by Gasteiger charge is 2.35. The van der Waals surface area contributed by atoms with Crippen molar-refractivity contribution in [3.8, 4) is 0 Å². The van der Waals surface area contributed by atoms with Crippen molar-refractivity contribution < 1.29 is 4.39 Å². The average molecular weight is 201 g/mol. The molecule has 1 heterocycles. The maximum Gasteiger partial charge on any atom is 0.135 e. The van der Waals surface area contributed by atoms with Gasteiger partial charge in [0.05, 0.1) is 0 Å². The third-order valence-corrected chi connectivity index (χ3v) is 3.11. The lowest BCUT2D eigenvalue weighted by Gasteiger charge is -2.34. The molecule has 0 unspecified atom stereocenters. The van der Waals surface area contributed by atoms with E-state index in [1.807, 2.05) is 0 Å². The average Bonchev–Trinajstić information content (AvgIpc) is 2.14. The number of hydrogen-bond acceptors (Lipinski definition) is 1. The summed E-state index contributed by atoms with van der Waals surface area (Å²) in [4.78, 5) is 0. The molecule has 0 amide bonds. The molecule has 0 atom stereocenters. The van der Waals surface area contributed by atoms with E-state index in [1.165, 1.54) is 38.5 Å². The first-order valence-corrected chi connectivity index (χ1v) is 6.16. The van der Waals surface area contributed by atoms with Crippen molar-refractivity contribution >= 4 is 0 Å². The topological polar surface area (TPSA) is 12.0 Å². The fourth-order valence-electron chi connectivity index (χ4n) is 1.97. The largest absolute Gasteiger partial charge is 0.310 e. The summed E-state index contributed by atoms with van der Waals surface area (Å²) >= 11 is 0. The normalized spacial score (nSPS) is 19.3. The van der Waals surface area contributed by atoms with Crippen molar-refractivity contribution in [2.45, 2.75) is 64.0 Å². The van der Waals surface area contributed by atoms with E-state index in [0.717, 1.165) is 12.8 Å². The minimum absolute atomic E-state index is 0.586. The minimum atomic E-state index is -0.844. The predicted octanol–water partition coefficient (Wildman–Crippen LogP) is 3.44. The highest BCUT2D eigenvalue weighted by molar-refractivity contribution is 4.92. The Morgan fingerprint density at radius 3 is 2.07 bits per heavy atom. The smallest absolute Gasteiger partial charge is 0.135 e. The highest BCUT2D eigenvalue weighted by atomic mass is 19.1. The van der Waals surface area contributed by atoms with Gasteiger partial charge in [0.2, 0.25) is 0 Å². The van der Waals surface area contributed by atoms with Crippen LogP contribution in [0.3, 0.4) is 0 Å². The Hall–Kier alpha value is -0.110. The SMILES string of the molecule is CCCCCCCCCC1(F)CNC1. The molecule has 0 spiro atoms. The lowest BCUT2D eigenvalue weighted by Crippen LogP contribution is -2.56. The van der Waals surface area contributed by atoms with Gasteiger partial charge in [-0.05, 0) is 6.42 Å². The second kappa shape index (κ2) is 6.39. The van der Waals surface area contributed by atoms with Crippen LogP contribution < -0.4 is 5.32 Å². The van der Waals surface area contributed by atoms with Crippen LogP contribution in [0.1, 0.15) is 58.3 Å². The summed E-state index contributed by atoms with van der Waals surface area (Å²) < 4.78 is 13.5. The molecule has 0 aliphatic carbocycles. The molecule has 1 rings (SSSR count). The zero-order valence-electron chi connectivity index (χ0n) is 9.45. The minimum Gasteiger partial charge on any atom is -0.310 e. The fourth-order valence-corrected chi connectivity index (χ4v) is 1.97. The highest BCUT2D eigenvalue weighted by Crippen LogP contribution is 2.24. The molecule has 1 N–H and O–H groups in total. The number of rotatable bonds is 8. The van der Waals surface area contributed by atoms with Crippen LogP contribution in [-0.4, -0.2) is 18.8 Å². The van der Waals surface area contributed by atoms with Gasteiger partial charge in [0.15, 0.2) is 0 Å². The van der Waals surface area contributed by atoms with Crippen LogP contribution in [0.25, 0.3) is 0 Å². The van der Waals surface area contributed by atoms with E-state index in [-0.39, 0.29) is 0 Å². The van der Waals surface area contributed by atoms with Crippen molar-refractivity contribution in [1.82, 2.24) is 5.32 Å². The Bertz CT molecular complexity index is 143. The Morgan fingerprint density at radius 1 is 1.00 bits per heavy atom. The number of unbranched alkanes of at least 4 members (excludes halogenated alkanes) is 6. The molecule has 84 valence electrons. The van der Waals surface area contributed by atoms with Gasteiger partial charge >= 0.3 is 0 Å². The van der Waals surface area contributed by atoms with Gasteiger partial charge in [-0.2, -0.15) is 0 Å². The molecular formula is C12H24FN. The summed E-state index contributed by atoms with van der Waals surface area (Å²) in [7, 11) is 0. The van der Waals surface area contributed by atoms with Crippen molar-refractivity contribution in [1.29, 1.82) is 0 Å². The van der Waals surface area contributed by atoms with Gasteiger partial charge in [-0.15, -0.1) is 0 Å². The lowest BCUT2D eigenvalue weighted by atomic mass is 9.92. The van der Waals surface area contributed by atoms with Gasteiger partial charge in [0.25, 0.3) is 0 Å². The summed E-state index contributed by atoms with van der Waals surface area (Å²) in [5.74, 6) is 0. The quantitative estimate of drug-likeness (QED) is 0.593. The first kappa shape index (κ1) is 12.0. The van der Waals surface area contributed by atoms with Crippen LogP contribution in [0.15, 0.2) is 0 Å². The molecule has 0 aromatic rings. The third-order valence-electron chi connectivity index (χ3n) is 3.11. The molecule has 14 heavy (non-hydrogen) atoms. The van der Waals surface area contributed by atoms with Gasteiger partial charge in [-0.3, -0.25) is 0 Å². The molecule has 0 bridgehead atoms. The van der Waals surface area contributed by atoms with E-state index < -0.39 is 5.67 Å². The third kappa shape index (κ3) is 4.41. The van der Waals surface area contributed by atoms with Crippen LogP contribution in [0.5, 0.6) is 0 Å². The molecule has 0 aromatic heterocycles. The summed E-state index contributed by atoms with van der Waals surface area (Å²) in [5, 5.41) is 3.00. The van der Waals surface area contributed by atoms with Crippen LogP contribution in [0, 0.1) is 0 Å². The van der Waals surface area contributed by atoms with Crippen molar-refractivity contribution in [3.05, 3.63) is 0 Å². The van der Waals surface area contributed by atoms with Crippen LogP contribution in [0.4, 0.5) is 4.39 Å². The number of halogens is 1. The maximum absolute atomic E-state index is 13.5. The Balaban J connectivity index is 1.80. The molecule has 0 saturated carbocycles. The molecule has 1 aliphatic heterocycles. The molecule has 1 fully saturated rings. The van der Waals surface area contributed by atoms with Gasteiger partial charge < -0.3 is 5.32 Å². The maximum atomic E-state index is 13.5. The Kier molecular flexibility index (Phi) is 5.46. The van der Waals surface area contributed by atoms with E-state index >= 15 is 0 Å². The van der Waals surface area contributed by atoms with E-state index in [0.29, 0.717) is 13.1 Å². The predicted molar refractivity (Wildman–Crippen MR) is 59.3 cm³/mol. The second-order valence-corrected chi connectivity index (χ2v) is 4.63. The molecule has 1 nitrogen and oxygen atoms in total. The van der Waals surface area contributed by atoms with E-state index in [1.54, 1.807) is 0 Å². The monoisotopic (exact) mass is 201 g/mol. The Labute approximate surface area is 87.5 Å². The standard InChI is InChI=1S/C12H24FN/c1-2-3-4-5-6-7-8-9-12(13)10-14-11-12/h14H,2-11H2,1H3. The van der Waals surface area contributed by atoms with Crippen molar-refractivity contribution in [3.63, 3.8) is 0 Å². The van der Waals surface area contributed by atoms with Crippen LogP contribution in [-0.2, 0) is 0 Å². The first-order chi connectivity index (χ1) is 6.77. The summed E-state index contributed by atoms with van der Waals surface area (Å²) in [6, 6.07) is 0. The zero-order valence-corrected chi connectivity index (χ0v) is 9.45. The molecular weight excluding hydrogens is 177 g/mol. The lowest BCUT2D eigenvalue weighted by molar-refractivity contribution is 0.0772. The van der Waals surface area contributed by atoms with Gasteiger partial charge in [-0.25, -0.2) is 4.39 Å². The molecule has 1 aliphatic rings. The van der Waals surface area contributed by atoms with Gasteiger partial charge in [0, 0.05) is 13.1 Å². The zero-order chi connectivity index (χ0) is 10.3. The Morgan fingerprint density at radius 2 is 1.57 bits per heavy atom. The number of hydrogen-bond donors (Lipinski definition) is 1. The van der Waals surface area contributed by atoms with Gasteiger partial charge in [0.1, 0.15) is 5.67 Å². The van der Waals surface area contributed by atoms with Crippen molar-refractivity contribution in [2.24, 2.45) is 0 Å². The van der Waals surface area contributed by atoms with E-state index in [2.05, 4.69) is 12.2 Å². The molecule has 0 radical (unpaired) electrons. The summed E-state index contributed by atoms with van der Waals surface area (Å²) in [6.45, 7) is 3.40. The number of alkyl halides is 1. The van der Waals surface area contributed by atoms with Gasteiger partial charge in [-0.1, -0.05) is 51.9 Å². The second-order valence-electron chi connectivity index (χ2n) is 4.63. The molecule has 2 heteroatoms. The molecule has 1 saturated heterocycles. The van der Waals surface area contributed by atoms with E-state index in [4.69, 9.17) is 0 Å². The van der Waals surface area contributed by atoms with Crippen LogP contribution in [0.2, 0.25) is 0 Å².